The molecule has 6 nitrogen and oxygen atoms in total. The monoisotopic (exact) mass is 543 g/mol. The van der Waals surface area contributed by atoms with E-state index in [9.17, 15) is 14.4 Å². The van der Waals surface area contributed by atoms with Crippen LogP contribution in [0.1, 0.15) is 93.4 Å². The molecule has 4 fully saturated rings. The molecule has 0 amide bonds. The molecule has 38 heavy (non-hydrogen) atoms. The number of esters is 3. The number of nitrogens with zero attached hydrogens (tertiary/aromatic N) is 1. The van der Waals surface area contributed by atoms with Crippen LogP contribution in [0.3, 0.4) is 0 Å². The molecule has 4 saturated carbocycles. The first-order valence-electron chi connectivity index (χ1n) is 14.0. The van der Waals surface area contributed by atoms with Gasteiger partial charge in [0.2, 0.25) is 0 Å². The van der Waals surface area contributed by atoms with Crippen LogP contribution in [-0.4, -0.2) is 29.8 Å². The van der Waals surface area contributed by atoms with Gasteiger partial charge in [-0.15, -0.1) is 0 Å². The van der Waals surface area contributed by atoms with E-state index < -0.39 is 11.9 Å². The third kappa shape index (κ3) is 5.22. The third-order valence-corrected chi connectivity index (χ3v) is 12.0. The van der Waals surface area contributed by atoms with Crippen LogP contribution in [0.15, 0.2) is 24.3 Å². The van der Waals surface area contributed by atoms with Gasteiger partial charge in [-0.1, -0.05) is 61.1 Å². The molecule has 0 aliphatic heterocycles. The molecule has 7 heteroatoms. The lowest BCUT2D eigenvalue weighted by atomic mass is 9.66. The van der Waals surface area contributed by atoms with Gasteiger partial charge in [-0.25, -0.2) is 9.59 Å². The topological polar surface area (TPSA) is 93.5 Å². The highest BCUT2D eigenvalue weighted by atomic mass is 32.2. The van der Waals surface area contributed by atoms with Gasteiger partial charge in [0.1, 0.15) is 17.3 Å². The maximum absolute atomic E-state index is 12.2. The van der Waals surface area contributed by atoms with Crippen molar-refractivity contribution in [2.75, 3.05) is 5.75 Å². The van der Waals surface area contributed by atoms with Crippen molar-refractivity contribution in [3.8, 4) is 5.40 Å². The minimum absolute atomic E-state index is 0.0942. The van der Waals surface area contributed by atoms with E-state index in [1.54, 1.807) is 5.40 Å². The zero-order chi connectivity index (χ0) is 28.5. The molecule has 0 radical (unpaired) electrons. The number of fused-ring (bicyclic) bond motifs is 4. The zero-order valence-corrected chi connectivity index (χ0v) is 25.0. The summed E-state index contributed by atoms with van der Waals surface area (Å²) >= 11 is 0.779. The van der Waals surface area contributed by atoms with Crippen molar-refractivity contribution in [1.82, 2.24) is 0 Å². The van der Waals surface area contributed by atoms with Gasteiger partial charge in [0.25, 0.3) is 0 Å². The molecule has 0 N–H and O–H groups in total. The smallest absolute Gasteiger partial charge is 0.341 e. The molecule has 0 saturated heterocycles. The van der Waals surface area contributed by atoms with Crippen LogP contribution in [0.2, 0.25) is 0 Å². The van der Waals surface area contributed by atoms with Gasteiger partial charge in [-0.3, -0.25) is 4.79 Å². The number of carbonyl (C=O) groups is 3. The largest absolute Gasteiger partial charge is 0.459 e. The number of hydrogen-bond acceptors (Lipinski definition) is 7. The lowest BCUT2D eigenvalue weighted by Gasteiger charge is -2.38. The molecule has 0 aromatic carbocycles. The van der Waals surface area contributed by atoms with Gasteiger partial charge in [0.05, 0.1) is 0 Å². The molecule has 0 spiro atoms. The van der Waals surface area contributed by atoms with Gasteiger partial charge >= 0.3 is 17.9 Å². The molecule has 4 bridgehead atoms. The minimum atomic E-state index is -0.652. The second-order valence-electron chi connectivity index (χ2n) is 13.1. The van der Waals surface area contributed by atoms with E-state index in [2.05, 4.69) is 48.1 Å². The Kier molecular flexibility index (Phi) is 8.98. The average molecular weight is 544 g/mol. The molecule has 2 unspecified atom stereocenters. The second kappa shape index (κ2) is 11.2. The van der Waals surface area contributed by atoms with Crippen molar-refractivity contribution < 1.29 is 23.9 Å². The molecule has 4 aliphatic carbocycles. The number of rotatable bonds is 7. The summed E-state index contributed by atoms with van der Waals surface area (Å²) in [5, 5.41) is 10.2. The summed E-state index contributed by atoms with van der Waals surface area (Å²) in [5.41, 5.74) is 1.54. The molecule has 4 rings (SSSR count). The van der Waals surface area contributed by atoms with Crippen LogP contribution in [0.5, 0.6) is 0 Å². The van der Waals surface area contributed by atoms with E-state index in [1.807, 2.05) is 13.0 Å². The first-order valence-corrected chi connectivity index (χ1v) is 15.0. The Bertz CT molecular complexity index is 1040. The molecule has 210 valence electrons. The molecule has 0 aromatic rings. The Morgan fingerprint density at radius 3 is 2.00 bits per heavy atom. The van der Waals surface area contributed by atoms with E-state index in [4.69, 9.17) is 14.7 Å². The summed E-state index contributed by atoms with van der Waals surface area (Å²) in [4.78, 5) is 35.0. The van der Waals surface area contributed by atoms with Gasteiger partial charge in [0, 0.05) is 17.1 Å². The predicted molar refractivity (Wildman–Crippen MR) is 150 cm³/mol. The normalized spacial score (nSPS) is 35.6. The molecular formula is C31H45NO5S. The lowest BCUT2D eigenvalue weighted by Crippen LogP contribution is -2.38. The van der Waals surface area contributed by atoms with E-state index in [0.29, 0.717) is 35.2 Å². The highest BCUT2D eigenvalue weighted by Crippen LogP contribution is 2.68. The Balaban J connectivity index is 0.000000230. The first kappa shape index (κ1) is 30.5. The van der Waals surface area contributed by atoms with E-state index in [1.165, 1.54) is 31.8 Å². The van der Waals surface area contributed by atoms with Crippen LogP contribution in [0, 0.1) is 50.1 Å². The number of hydrogen-bond donors (Lipinski definition) is 0. The Hall–Kier alpha value is -2.07. The Labute approximate surface area is 233 Å². The van der Waals surface area contributed by atoms with Crippen molar-refractivity contribution in [2.24, 2.45) is 39.4 Å². The fourth-order valence-corrected chi connectivity index (χ4v) is 8.12. The zero-order valence-electron chi connectivity index (χ0n) is 24.2. The van der Waals surface area contributed by atoms with Crippen LogP contribution in [0.25, 0.3) is 0 Å². The van der Waals surface area contributed by atoms with Gasteiger partial charge in [-0.05, 0) is 90.7 Å². The molecule has 0 heterocycles. The first-order chi connectivity index (χ1) is 17.7. The van der Waals surface area contributed by atoms with Crippen molar-refractivity contribution in [2.45, 2.75) is 99.5 Å². The SMILES string of the molecule is C=CC(=O)OC1C[C@H]2CC[C@@]1(C)C2(C)C.CCC(=CC1C[C@H]2CC[C@@]1(C)C2(C)C)C(=O)OC(=O)CSC#N. The number of thioether (sulfide) groups is 1. The van der Waals surface area contributed by atoms with Crippen LogP contribution >= 0.6 is 11.8 Å². The van der Waals surface area contributed by atoms with E-state index in [0.717, 1.165) is 24.6 Å². The molecular weight excluding hydrogens is 498 g/mol. The van der Waals surface area contributed by atoms with Crippen molar-refractivity contribution in [3.05, 3.63) is 24.3 Å². The summed E-state index contributed by atoms with van der Waals surface area (Å²) in [6, 6.07) is 0. The van der Waals surface area contributed by atoms with E-state index >= 15 is 0 Å². The second-order valence-corrected chi connectivity index (χ2v) is 13.9. The fourth-order valence-electron chi connectivity index (χ4n) is 7.88. The van der Waals surface area contributed by atoms with Crippen molar-refractivity contribution in [3.63, 3.8) is 0 Å². The lowest BCUT2D eigenvalue weighted by molar-refractivity contribution is -0.155. The standard InChI is InChI=1S/C18H25NO3S.C13H20O2/c1-5-12(16(21)22-15(20)10-23-11-19)8-14-9-13-6-7-18(14,4)17(13,2)3;1-5-11(14)15-10-8-9-6-7-13(10,4)12(9,2)3/h8,13-14H,5-7,9-10H2,1-4H3;5,9-10H,1,6-8H2,2-4H3/t13-,14?,18-;9-,10?,13-/m11/s1. The summed E-state index contributed by atoms with van der Waals surface area (Å²) < 4.78 is 10.3. The number of nitriles is 1. The summed E-state index contributed by atoms with van der Waals surface area (Å²) in [5.74, 6) is 0.185. The number of ether oxygens (including phenoxy) is 2. The summed E-state index contributed by atoms with van der Waals surface area (Å²) in [7, 11) is 0. The van der Waals surface area contributed by atoms with Gasteiger partial charge in [0.15, 0.2) is 0 Å². The molecule has 4 aliphatic rings. The summed E-state index contributed by atoms with van der Waals surface area (Å²) in [6.45, 7) is 19.2. The Morgan fingerprint density at radius 1 is 1.00 bits per heavy atom. The highest BCUT2D eigenvalue weighted by molar-refractivity contribution is 8.04. The Morgan fingerprint density at radius 2 is 1.58 bits per heavy atom. The molecule has 0 aromatic heterocycles. The predicted octanol–water partition coefficient (Wildman–Crippen LogP) is 7.00. The van der Waals surface area contributed by atoms with Crippen LogP contribution in [-0.2, 0) is 23.9 Å². The number of allylic oxidation sites excluding steroid dienone is 1. The average Bonchev–Trinajstić information content (AvgIpc) is 3.38. The van der Waals surface area contributed by atoms with Gasteiger partial charge in [-0.2, -0.15) is 5.26 Å². The molecule has 6 atom stereocenters. The summed E-state index contributed by atoms with van der Waals surface area (Å²) in [6.07, 6.45) is 11.0. The quantitative estimate of drug-likeness (QED) is 0.148. The fraction of sp³-hybridized carbons (Fsp3) is 0.742. The third-order valence-electron chi connectivity index (χ3n) is 11.5. The van der Waals surface area contributed by atoms with Crippen LogP contribution < -0.4 is 0 Å². The van der Waals surface area contributed by atoms with E-state index in [-0.39, 0.29) is 34.1 Å². The highest BCUT2D eigenvalue weighted by Gasteiger charge is 2.63. The minimum Gasteiger partial charge on any atom is -0.459 e. The van der Waals surface area contributed by atoms with Crippen molar-refractivity contribution in [1.29, 1.82) is 5.26 Å². The van der Waals surface area contributed by atoms with Gasteiger partial charge < -0.3 is 9.47 Å². The maximum atomic E-state index is 12.2. The number of thiocyanates is 1. The van der Waals surface area contributed by atoms with Crippen LogP contribution in [0.4, 0.5) is 0 Å². The number of carbonyl (C=O) groups excluding carboxylic acids is 3. The maximum Gasteiger partial charge on any atom is 0.341 e. The van der Waals surface area contributed by atoms with Crippen molar-refractivity contribution >= 4 is 29.7 Å².